The summed E-state index contributed by atoms with van der Waals surface area (Å²) in [5, 5.41) is 10.6. The molecule has 1 fully saturated rings. The largest absolute Gasteiger partial charge is 0.395 e. The molecule has 0 saturated heterocycles. The van der Waals surface area contributed by atoms with Crippen LogP contribution in [0.2, 0.25) is 10.0 Å². The van der Waals surface area contributed by atoms with Crippen LogP contribution >= 0.6 is 23.2 Å². The van der Waals surface area contributed by atoms with Crippen molar-refractivity contribution in [1.82, 2.24) is 0 Å². The molecule has 0 unspecified atom stereocenters. The van der Waals surface area contributed by atoms with Gasteiger partial charge in [-0.1, -0.05) is 41.8 Å². The maximum atomic E-state index is 9.40. The van der Waals surface area contributed by atoms with Crippen LogP contribution in [-0.4, -0.2) is 11.7 Å². The molecule has 0 radical (unpaired) electrons. The number of hydrogen-bond acceptors (Lipinski definition) is 1. The van der Waals surface area contributed by atoms with Gasteiger partial charge in [-0.2, -0.15) is 0 Å². The molecule has 0 heterocycles. The van der Waals surface area contributed by atoms with Gasteiger partial charge in [-0.25, -0.2) is 0 Å². The Balaban J connectivity index is 2.45. The van der Waals surface area contributed by atoms with E-state index in [1.165, 1.54) is 0 Å². The molecule has 14 heavy (non-hydrogen) atoms. The average Bonchev–Trinajstić information content (AvgIpc) is 2.11. The number of halogens is 2. The van der Waals surface area contributed by atoms with E-state index in [4.69, 9.17) is 23.2 Å². The molecular weight excluding hydrogens is 219 g/mol. The molecule has 3 heteroatoms. The molecule has 1 nitrogen and oxygen atoms in total. The maximum Gasteiger partial charge on any atom is 0.0630 e. The molecular formula is C11H12Cl2O. The number of aliphatic hydroxyl groups excluding tert-OH is 1. The van der Waals surface area contributed by atoms with E-state index >= 15 is 0 Å². The summed E-state index contributed by atoms with van der Waals surface area (Å²) < 4.78 is 0. The average molecular weight is 231 g/mol. The maximum absolute atomic E-state index is 9.40. The Morgan fingerprint density at radius 1 is 1.29 bits per heavy atom. The van der Waals surface area contributed by atoms with Crippen LogP contribution in [0.1, 0.15) is 24.8 Å². The van der Waals surface area contributed by atoms with Crippen molar-refractivity contribution in [1.29, 1.82) is 0 Å². The van der Waals surface area contributed by atoms with Gasteiger partial charge in [-0.05, 0) is 24.5 Å². The molecule has 0 bridgehead atoms. The van der Waals surface area contributed by atoms with Crippen molar-refractivity contribution in [2.75, 3.05) is 6.61 Å². The SMILES string of the molecule is OCC1(c2cccc(Cl)c2Cl)CCC1. The summed E-state index contributed by atoms with van der Waals surface area (Å²) in [6.45, 7) is 0.160. The third kappa shape index (κ3) is 1.44. The highest BCUT2D eigenvalue weighted by atomic mass is 35.5. The van der Waals surface area contributed by atoms with E-state index in [1.807, 2.05) is 12.1 Å². The summed E-state index contributed by atoms with van der Waals surface area (Å²) in [4.78, 5) is 0. The number of hydrogen-bond donors (Lipinski definition) is 1. The van der Waals surface area contributed by atoms with Crippen LogP contribution in [0.3, 0.4) is 0 Å². The second-order valence-electron chi connectivity index (χ2n) is 3.89. The Kier molecular flexibility index (Phi) is 2.74. The first-order valence-corrected chi connectivity index (χ1v) is 5.50. The molecule has 0 amide bonds. The van der Waals surface area contributed by atoms with E-state index in [9.17, 15) is 5.11 Å². The molecule has 1 aliphatic rings. The van der Waals surface area contributed by atoms with Gasteiger partial charge in [-0.3, -0.25) is 0 Å². The second kappa shape index (κ2) is 3.73. The Hall–Kier alpha value is -0.240. The van der Waals surface area contributed by atoms with E-state index in [0.29, 0.717) is 10.0 Å². The summed E-state index contributed by atoms with van der Waals surface area (Å²) in [7, 11) is 0. The highest BCUT2D eigenvalue weighted by Gasteiger charge is 2.39. The smallest absolute Gasteiger partial charge is 0.0630 e. The third-order valence-electron chi connectivity index (χ3n) is 3.14. The Bertz CT molecular complexity index is 340. The molecule has 0 atom stereocenters. The number of aliphatic hydroxyl groups is 1. The zero-order valence-corrected chi connectivity index (χ0v) is 9.28. The van der Waals surface area contributed by atoms with E-state index in [0.717, 1.165) is 24.8 Å². The van der Waals surface area contributed by atoms with Crippen LogP contribution in [0.25, 0.3) is 0 Å². The molecule has 1 aromatic rings. The van der Waals surface area contributed by atoms with E-state index < -0.39 is 0 Å². The molecule has 0 spiro atoms. The minimum Gasteiger partial charge on any atom is -0.395 e. The number of benzene rings is 1. The van der Waals surface area contributed by atoms with Gasteiger partial charge >= 0.3 is 0 Å². The van der Waals surface area contributed by atoms with Gasteiger partial charge in [0.15, 0.2) is 0 Å². The van der Waals surface area contributed by atoms with Crippen LogP contribution in [0.5, 0.6) is 0 Å². The van der Waals surface area contributed by atoms with E-state index in [1.54, 1.807) is 6.07 Å². The monoisotopic (exact) mass is 230 g/mol. The van der Waals surface area contributed by atoms with Crippen LogP contribution in [0.4, 0.5) is 0 Å². The van der Waals surface area contributed by atoms with E-state index in [2.05, 4.69) is 0 Å². The van der Waals surface area contributed by atoms with Gasteiger partial charge in [0.25, 0.3) is 0 Å². The molecule has 1 aromatic carbocycles. The van der Waals surface area contributed by atoms with Crippen molar-refractivity contribution in [3.63, 3.8) is 0 Å². The van der Waals surface area contributed by atoms with Gasteiger partial charge in [0.1, 0.15) is 0 Å². The van der Waals surface area contributed by atoms with Crippen molar-refractivity contribution < 1.29 is 5.11 Å². The lowest BCUT2D eigenvalue weighted by Crippen LogP contribution is -2.38. The standard InChI is InChI=1S/C11H12Cl2O/c12-9-4-1-3-8(10(9)13)11(7-14)5-2-6-11/h1,3-4,14H,2,5-7H2. The summed E-state index contributed by atoms with van der Waals surface area (Å²) in [5.41, 5.74) is 0.877. The lowest BCUT2D eigenvalue weighted by Gasteiger charge is -2.41. The third-order valence-corrected chi connectivity index (χ3v) is 3.96. The predicted octanol–water partition coefficient (Wildman–Crippen LogP) is 3.41. The topological polar surface area (TPSA) is 20.2 Å². The zero-order chi connectivity index (χ0) is 10.2. The quantitative estimate of drug-likeness (QED) is 0.826. The summed E-state index contributed by atoms with van der Waals surface area (Å²) in [6, 6.07) is 5.62. The van der Waals surface area contributed by atoms with Gasteiger partial charge in [0.05, 0.1) is 16.7 Å². The van der Waals surface area contributed by atoms with E-state index in [-0.39, 0.29) is 12.0 Å². The van der Waals surface area contributed by atoms with Crippen LogP contribution in [-0.2, 0) is 5.41 Å². The molecule has 1 N–H and O–H groups in total. The predicted molar refractivity (Wildman–Crippen MR) is 59.1 cm³/mol. The second-order valence-corrected chi connectivity index (χ2v) is 4.68. The molecule has 2 rings (SSSR count). The van der Waals surface area contributed by atoms with Crippen LogP contribution in [0, 0.1) is 0 Å². The molecule has 76 valence electrons. The minimum atomic E-state index is -0.123. The van der Waals surface area contributed by atoms with Crippen LogP contribution < -0.4 is 0 Å². The molecule has 0 aromatic heterocycles. The molecule has 1 saturated carbocycles. The van der Waals surface area contributed by atoms with Gasteiger partial charge in [0, 0.05) is 5.41 Å². The fraction of sp³-hybridized carbons (Fsp3) is 0.455. The highest BCUT2D eigenvalue weighted by molar-refractivity contribution is 6.42. The van der Waals surface area contributed by atoms with Gasteiger partial charge < -0.3 is 5.11 Å². The first-order valence-electron chi connectivity index (χ1n) is 4.75. The summed E-state index contributed by atoms with van der Waals surface area (Å²) in [6.07, 6.45) is 3.16. The summed E-state index contributed by atoms with van der Waals surface area (Å²) in [5.74, 6) is 0. The normalized spacial score (nSPS) is 19.1. The number of rotatable bonds is 2. The van der Waals surface area contributed by atoms with Gasteiger partial charge in [0.2, 0.25) is 0 Å². The van der Waals surface area contributed by atoms with Gasteiger partial charge in [-0.15, -0.1) is 0 Å². The van der Waals surface area contributed by atoms with Crippen LogP contribution in [0.15, 0.2) is 18.2 Å². The lowest BCUT2D eigenvalue weighted by molar-refractivity contribution is 0.120. The van der Waals surface area contributed by atoms with Crippen molar-refractivity contribution in [3.05, 3.63) is 33.8 Å². The lowest BCUT2D eigenvalue weighted by atomic mass is 9.65. The first kappa shape index (κ1) is 10.3. The Labute approximate surface area is 93.7 Å². The fourth-order valence-electron chi connectivity index (χ4n) is 2.03. The minimum absolute atomic E-state index is 0.123. The van der Waals surface area contributed by atoms with Crippen molar-refractivity contribution in [2.45, 2.75) is 24.7 Å². The molecule has 1 aliphatic carbocycles. The summed E-state index contributed by atoms with van der Waals surface area (Å²) >= 11 is 12.1. The van der Waals surface area contributed by atoms with Crippen molar-refractivity contribution in [2.24, 2.45) is 0 Å². The Morgan fingerprint density at radius 3 is 2.50 bits per heavy atom. The first-order chi connectivity index (χ1) is 6.69. The highest BCUT2D eigenvalue weighted by Crippen LogP contribution is 2.47. The fourth-order valence-corrected chi connectivity index (χ4v) is 2.53. The zero-order valence-electron chi connectivity index (χ0n) is 7.76. The molecule has 0 aliphatic heterocycles. The van der Waals surface area contributed by atoms with Crippen molar-refractivity contribution >= 4 is 23.2 Å². The van der Waals surface area contributed by atoms with Crippen molar-refractivity contribution in [3.8, 4) is 0 Å². The Morgan fingerprint density at radius 2 is 2.00 bits per heavy atom.